The number of carbonyl (C=O) groups excluding carboxylic acids is 1. The van der Waals surface area contributed by atoms with E-state index in [1.54, 1.807) is 27.5 Å². The largest absolute Gasteiger partial charge is 0.473 e. The van der Waals surface area contributed by atoms with Crippen molar-refractivity contribution >= 4 is 39.9 Å². The zero-order valence-corrected chi connectivity index (χ0v) is 29.7. The lowest BCUT2D eigenvalue weighted by Crippen LogP contribution is -2.49. The molecule has 11 heteroatoms. The molecule has 0 N–H and O–H groups in total. The molecule has 2 aliphatic heterocycles. The Bertz CT molecular complexity index is 2270. The van der Waals surface area contributed by atoms with Crippen LogP contribution in [0.3, 0.4) is 0 Å². The van der Waals surface area contributed by atoms with Crippen LogP contribution in [0.2, 0.25) is 5.15 Å². The minimum Gasteiger partial charge on any atom is -0.473 e. The van der Waals surface area contributed by atoms with Gasteiger partial charge in [-0.25, -0.2) is 9.78 Å². The van der Waals surface area contributed by atoms with Gasteiger partial charge in [-0.1, -0.05) is 78.3 Å². The van der Waals surface area contributed by atoms with Crippen LogP contribution in [0.25, 0.3) is 16.7 Å². The van der Waals surface area contributed by atoms with E-state index in [-0.39, 0.29) is 23.6 Å². The second kappa shape index (κ2) is 14.2. The number of amides is 1. The third-order valence-corrected chi connectivity index (χ3v) is 10.7. The zero-order valence-electron chi connectivity index (χ0n) is 29.0. The summed E-state index contributed by atoms with van der Waals surface area (Å²) in [6.45, 7) is 2.86. The van der Waals surface area contributed by atoms with Crippen LogP contribution in [0, 0.1) is 5.41 Å². The molecule has 2 saturated heterocycles. The van der Waals surface area contributed by atoms with E-state index in [2.05, 4.69) is 16.0 Å². The van der Waals surface area contributed by atoms with E-state index >= 15 is 0 Å². The molecule has 3 aromatic carbocycles. The first-order valence-corrected chi connectivity index (χ1v) is 18.0. The molecule has 1 spiro atoms. The molecule has 0 aliphatic carbocycles. The number of hydrogen-bond acceptors (Lipinski definition) is 7. The SMILES string of the molecule is Cn1c(=O)n(-c2ccc(OCc3ccccc3)nc2OCc2ccccc2)c2cccc(N3CCC4(CC3)CCN(c3ccc(Cl)nc3)C(=O)C4)c21. The number of imidazole rings is 1. The summed E-state index contributed by atoms with van der Waals surface area (Å²) in [4.78, 5) is 40.6. The van der Waals surface area contributed by atoms with Crippen molar-refractivity contribution < 1.29 is 14.3 Å². The number of fused-ring (bicyclic) bond motifs is 1. The van der Waals surface area contributed by atoms with Crippen LogP contribution >= 0.6 is 11.6 Å². The van der Waals surface area contributed by atoms with E-state index in [0.29, 0.717) is 42.2 Å². The quantitative estimate of drug-likeness (QED) is 0.145. The first-order chi connectivity index (χ1) is 25.4. The molecule has 8 rings (SSSR count). The van der Waals surface area contributed by atoms with E-state index in [1.807, 2.05) is 96.9 Å². The highest BCUT2D eigenvalue weighted by molar-refractivity contribution is 6.29. The highest BCUT2D eigenvalue weighted by atomic mass is 35.5. The fourth-order valence-corrected chi connectivity index (χ4v) is 7.65. The van der Waals surface area contributed by atoms with Gasteiger partial charge in [-0.2, -0.15) is 4.98 Å². The number of nitrogens with zero attached hydrogens (tertiary/aromatic N) is 6. The number of aromatic nitrogens is 4. The van der Waals surface area contributed by atoms with Crippen molar-refractivity contribution in [1.82, 2.24) is 19.1 Å². The van der Waals surface area contributed by atoms with Gasteiger partial charge in [0.1, 0.15) is 24.1 Å². The summed E-state index contributed by atoms with van der Waals surface area (Å²) in [5, 5.41) is 0.412. The van der Waals surface area contributed by atoms with Gasteiger partial charge < -0.3 is 19.3 Å². The third-order valence-electron chi connectivity index (χ3n) is 10.4. The molecule has 0 atom stereocenters. The molecule has 0 saturated carbocycles. The maximum atomic E-state index is 14.1. The number of aryl methyl sites for hydroxylation is 1. The van der Waals surface area contributed by atoms with E-state index in [4.69, 9.17) is 26.1 Å². The van der Waals surface area contributed by atoms with E-state index < -0.39 is 0 Å². The Morgan fingerprint density at radius 1 is 0.750 bits per heavy atom. The molecule has 6 aromatic rings. The number of carbonyl (C=O) groups is 1. The van der Waals surface area contributed by atoms with Crippen LogP contribution in [-0.4, -0.2) is 44.6 Å². The van der Waals surface area contributed by atoms with Gasteiger partial charge in [0, 0.05) is 39.2 Å². The Morgan fingerprint density at radius 3 is 2.12 bits per heavy atom. The lowest BCUT2D eigenvalue weighted by Gasteiger charge is -2.46. The van der Waals surface area contributed by atoms with Crippen molar-refractivity contribution in [2.45, 2.75) is 38.9 Å². The molecule has 2 fully saturated rings. The van der Waals surface area contributed by atoms with E-state index in [0.717, 1.165) is 65.9 Å². The molecular formula is C41H39ClN6O4. The summed E-state index contributed by atoms with van der Waals surface area (Å²) in [5.74, 6) is 0.835. The van der Waals surface area contributed by atoms with Gasteiger partial charge in [-0.15, -0.1) is 0 Å². The van der Waals surface area contributed by atoms with Gasteiger partial charge >= 0.3 is 5.69 Å². The van der Waals surface area contributed by atoms with Gasteiger partial charge in [0.25, 0.3) is 0 Å². The second-order valence-electron chi connectivity index (χ2n) is 13.6. The standard InChI is InChI=1S/C41H39ClN6O4/c1-45-38-32(46-22-19-41(20-23-46)21-24-47(37(49)25-41)31-15-17-35(42)43-26-31)13-8-14-33(38)48(40(45)50)34-16-18-36(51-27-29-9-4-2-5-10-29)44-39(34)52-28-30-11-6-3-7-12-30/h2-18,26H,19-25,27-28H2,1H3. The highest BCUT2D eigenvalue weighted by Crippen LogP contribution is 2.44. The fourth-order valence-electron chi connectivity index (χ4n) is 7.54. The van der Waals surface area contributed by atoms with Crippen molar-refractivity contribution in [2.75, 3.05) is 29.4 Å². The minimum atomic E-state index is -0.199. The smallest absolute Gasteiger partial charge is 0.333 e. The number of pyridine rings is 2. The molecular weight excluding hydrogens is 676 g/mol. The summed E-state index contributed by atoms with van der Waals surface area (Å²) in [5.41, 5.74) is 5.67. The molecule has 1 amide bonds. The minimum absolute atomic E-state index is 0.0450. The highest BCUT2D eigenvalue weighted by Gasteiger charge is 2.42. The third kappa shape index (κ3) is 6.62. The first kappa shape index (κ1) is 33.5. The number of halogens is 1. The van der Waals surface area contributed by atoms with Gasteiger partial charge in [-0.05, 0) is 66.1 Å². The molecule has 0 unspecified atom stereocenters. The number of rotatable bonds is 9. The Labute approximate surface area is 306 Å². The first-order valence-electron chi connectivity index (χ1n) is 17.6. The Balaban J connectivity index is 1.06. The summed E-state index contributed by atoms with van der Waals surface area (Å²) < 4.78 is 15.8. The summed E-state index contributed by atoms with van der Waals surface area (Å²) in [6, 6.07) is 33.0. The van der Waals surface area contributed by atoms with Crippen LogP contribution < -0.4 is 25.0 Å². The van der Waals surface area contributed by atoms with Crippen molar-refractivity contribution in [1.29, 1.82) is 0 Å². The van der Waals surface area contributed by atoms with Crippen LogP contribution in [0.5, 0.6) is 11.8 Å². The molecule has 10 nitrogen and oxygen atoms in total. The maximum absolute atomic E-state index is 14.1. The summed E-state index contributed by atoms with van der Waals surface area (Å²) >= 11 is 5.98. The normalized spacial score (nSPS) is 15.7. The number of anilines is 2. The lowest BCUT2D eigenvalue weighted by atomic mass is 9.71. The van der Waals surface area contributed by atoms with Crippen LogP contribution in [0.1, 0.15) is 36.8 Å². The molecule has 0 radical (unpaired) electrons. The molecule has 0 bridgehead atoms. The van der Waals surface area contributed by atoms with Crippen molar-refractivity contribution in [3.8, 4) is 17.4 Å². The Kier molecular flexibility index (Phi) is 9.15. The number of hydrogen-bond donors (Lipinski definition) is 0. The van der Waals surface area contributed by atoms with Gasteiger partial charge in [0.2, 0.25) is 17.7 Å². The molecule has 5 heterocycles. The maximum Gasteiger partial charge on any atom is 0.333 e. The topological polar surface area (TPSA) is 94.7 Å². The second-order valence-corrected chi connectivity index (χ2v) is 14.0. The van der Waals surface area contributed by atoms with Crippen LogP contribution in [-0.2, 0) is 25.1 Å². The summed E-state index contributed by atoms with van der Waals surface area (Å²) in [7, 11) is 1.81. The van der Waals surface area contributed by atoms with E-state index in [1.165, 1.54) is 0 Å². The van der Waals surface area contributed by atoms with Crippen LogP contribution in [0.15, 0.2) is 114 Å². The summed E-state index contributed by atoms with van der Waals surface area (Å²) in [6.07, 6.45) is 4.88. The molecule has 2 aliphatic rings. The van der Waals surface area contributed by atoms with Crippen LogP contribution in [0.4, 0.5) is 11.4 Å². The fraction of sp³-hybridized carbons (Fsp3) is 0.268. The Morgan fingerprint density at radius 2 is 1.44 bits per heavy atom. The molecule has 52 heavy (non-hydrogen) atoms. The number of benzene rings is 3. The predicted octanol–water partition coefficient (Wildman–Crippen LogP) is 7.34. The lowest BCUT2D eigenvalue weighted by molar-refractivity contribution is -0.123. The van der Waals surface area contributed by atoms with Gasteiger partial charge in [0.15, 0.2) is 0 Å². The monoisotopic (exact) mass is 714 g/mol. The molecule has 264 valence electrons. The van der Waals surface area contributed by atoms with Gasteiger partial charge in [0.05, 0.1) is 28.6 Å². The number of para-hydroxylation sites is 1. The average molecular weight is 715 g/mol. The molecule has 3 aromatic heterocycles. The zero-order chi connectivity index (χ0) is 35.7. The Hall–Kier alpha value is -5.61. The van der Waals surface area contributed by atoms with E-state index in [9.17, 15) is 9.59 Å². The predicted molar refractivity (Wildman–Crippen MR) is 203 cm³/mol. The number of piperidine rings is 2. The van der Waals surface area contributed by atoms with Gasteiger partial charge in [-0.3, -0.25) is 13.9 Å². The van der Waals surface area contributed by atoms with Crippen molar-refractivity contribution in [3.05, 3.63) is 136 Å². The van der Waals surface area contributed by atoms with Crippen molar-refractivity contribution in [2.24, 2.45) is 12.5 Å². The number of ether oxygens (including phenoxy) is 2. The van der Waals surface area contributed by atoms with Crippen molar-refractivity contribution in [3.63, 3.8) is 0 Å². The average Bonchev–Trinajstić information content (AvgIpc) is 3.43.